The van der Waals surface area contributed by atoms with E-state index in [0.717, 1.165) is 24.8 Å². The molecule has 78 valence electrons. The molecule has 2 nitrogen and oxygen atoms in total. The van der Waals surface area contributed by atoms with Gasteiger partial charge in [-0.3, -0.25) is 0 Å². The predicted molar refractivity (Wildman–Crippen MR) is 60.1 cm³/mol. The number of hydroxylamine groups is 1. The topological polar surface area (TPSA) is 26.1 Å². The maximum atomic E-state index is 12.0. The minimum Gasteiger partial charge on any atom is -0.623 e. The third-order valence-electron chi connectivity index (χ3n) is 3.83. The maximum absolute atomic E-state index is 12.0. The van der Waals surface area contributed by atoms with Gasteiger partial charge in [-0.2, -0.15) is 0 Å². The van der Waals surface area contributed by atoms with E-state index in [-0.39, 0.29) is 5.54 Å². The molecular formula is C13H15NO. The molecule has 0 atom stereocenters. The molecule has 1 fully saturated rings. The van der Waals surface area contributed by atoms with Crippen molar-refractivity contribution < 1.29 is 4.74 Å². The zero-order valence-corrected chi connectivity index (χ0v) is 8.78. The van der Waals surface area contributed by atoms with Crippen LogP contribution in [0.1, 0.15) is 36.8 Å². The highest BCUT2D eigenvalue weighted by molar-refractivity contribution is 5.79. The summed E-state index contributed by atoms with van der Waals surface area (Å²) in [7, 11) is 0. The normalized spacial score (nSPS) is 22.5. The van der Waals surface area contributed by atoms with Gasteiger partial charge >= 0.3 is 0 Å². The number of benzene rings is 1. The highest BCUT2D eigenvalue weighted by Gasteiger charge is 2.44. The Morgan fingerprint density at radius 1 is 1.13 bits per heavy atom. The molecular weight excluding hydrogens is 186 g/mol. The van der Waals surface area contributed by atoms with Crippen LogP contribution >= 0.6 is 0 Å². The van der Waals surface area contributed by atoms with Crippen LogP contribution in [0.4, 0.5) is 0 Å². The largest absolute Gasteiger partial charge is 0.623 e. The van der Waals surface area contributed by atoms with Crippen molar-refractivity contribution in [2.24, 2.45) is 0 Å². The van der Waals surface area contributed by atoms with E-state index >= 15 is 0 Å². The fourth-order valence-electron chi connectivity index (χ4n) is 2.95. The summed E-state index contributed by atoms with van der Waals surface area (Å²) >= 11 is 0. The predicted octanol–water partition coefficient (Wildman–Crippen LogP) is 2.48. The molecule has 0 unspecified atom stereocenters. The lowest BCUT2D eigenvalue weighted by Crippen LogP contribution is -2.42. The van der Waals surface area contributed by atoms with E-state index in [2.05, 4.69) is 12.1 Å². The Bertz CT molecular complexity index is 416. The van der Waals surface area contributed by atoms with Crippen molar-refractivity contribution in [3.8, 4) is 0 Å². The van der Waals surface area contributed by atoms with Gasteiger partial charge in [-0.15, -0.1) is 0 Å². The third-order valence-corrected chi connectivity index (χ3v) is 3.83. The number of rotatable bonds is 0. The molecule has 1 saturated carbocycles. The lowest BCUT2D eigenvalue weighted by Gasteiger charge is -2.31. The van der Waals surface area contributed by atoms with Gasteiger partial charge in [0.05, 0.1) is 0 Å². The number of fused-ring (bicyclic) bond motifs is 1. The first-order chi connectivity index (χ1) is 7.30. The molecule has 15 heavy (non-hydrogen) atoms. The van der Waals surface area contributed by atoms with Crippen LogP contribution in [0.3, 0.4) is 0 Å². The number of nitrogens with zero attached hydrogens (tertiary/aromatic N) is 1. The summed E-state index contributed by atoms with van der Waals surface area (Å²) in [4.78, 5) is 0. The van der Waals surface area contributed by atoms with Gasteiger partial charge in [0.2, 0.25) is 0 Å². The molecule has 1 aromatic rings. The molecule has 2 heteroatoms. The molecule has 0 aromatic heterocycles. The van der Waals surface area contributed by atoms with Crippen molar-refractivity contribution in [3.63, 3.8) is 0 Å². The molecule has 0 radical (unpaired) electrons. The van der Waals surface area contributed by atoms with Crippen LogP contribution < -0.4 is 0 Å². The second kappa shape index (κ2) is 3.09. The first-order valence-corrected chi connectivity index (χ1v) is 5.69. The summed E-state index contributed by atoms with van der Waals surface area (Å²) in [5.41, 5.74) is 2.34. The van der Waals surface area contributed by atoms with Gasteiger partial charge in [-0.05, 0) is 24.5 Å². The SMILES string of the molecule is [O-][N+]1=Cc2ccccc2CC12CCCC2. The Morgan fingerprint density at radius 2 is 1.87 bits per heavy atom. The van der Waals surface area contributed by atoms with Gasteiger partial charge in [0.1, 0.15) is 0 Å². The average molecular weight is 201 g/mol. The summed E-state index contributed by atoms with van der Waals surface area (Å²) in [5, 5.41) is 12.0. The van der Waals surface area contributed by atoms with E-state index in [4.69, 9.17) is 0 Å². The first kappa shape index (κ1) is 8.96. The average Bonchev–Trinajstić information content (AvgIpc) is 2.70. The van der Waals surface area contributed by atoms with Crippen molar-refractivity contribution in [2.75, 3.05) is 0 Å². The van der Waals surface area contributed by atoms with E-state index in [9.17, 15) is 5.21 Å². The summed E-state index contributed by atoms with van der Waals surface area (Å²) in [6.45, 7) is 0. The van der Waals surface area contributed by atoms with Crippen molar-refractivity contribution in [1.29, 1.82) is 0 Å². The maximum Gasteiger partial charge on any atom is 0.182 e. The van der Waals surface area contributed by atoms with E-state index < -0.39 is 0 Å². The third kappa shape index (κ3) is 1.28. The van der Waals surface area contributed by atoms with Crippen LogP contribution in [0.25, 0.3) is 0 Å². The standard InChI is InChI=1S/C13H15NO/c15-14-10-12-6-2-1-5-11(12)9-13(14)7-3-4-8-13/h1-2,5-6,10H,3-4,7-9H2. The van der Waals surface area contributed by atoms with E-state index in [0.29, 0.717) is 0 Å². The molecule has 0 bridgehead atoms. The molecule has 0 amide bonds. The zero-order valence-electron chi connectivity index (χ0n) is 8.78. The number of hydrogen-bond donors (Lipinski definition) is 0. The second-order valence-corrected chi connectivity index (χ2v) is 4.76. The monoisotopic (exact) mass is 201 g/mol. The van der Waals surface area contributed by atoms with Gasteiger partial charge in [-0.25, -0.2) is 4.74 Å². The molecule has 1 spiro atoms. The summed E-state index contributed by atoms with van der Waals surface area (Å²) in [6, 6.07) is 8.24. The summed E-state index contributed by atoms with van der Waals surface area (Å²) in [6.07, 6.45) is 7.24. The van der Waals surface area contributed by atoms with Crippen LogP contribution in [0.15, 0.2) is 24.3 Å². The molecule has 1 aliphatic heterocycles. The summed E-state index contributed by atoms with van der Waals surface area (Å²) < 4.78 is 1.22. The summed E-state index contributed by atoms with van der Waals surface area (Å²) in [5.74, 6) is 0. The van der Waals surface area contributed by atoms with Gasteiger partial charge < -0.3 is 5.21 Å². The first-order valence-electron chi connectivity index (χ1n) is 5.69. The Morgan fingerprint density at radius 3 is 2.67 bits per heavy atom. The Balaban J connectivity index is 2.07. The van der Waals surface area contributed by atoms with Crippen LogP contribution in [-0.4, -0.2) is 16.5 Å². The quantitative estimate of drug-likeness (QED) is 0.468. The van der Waals surface area contributed by atoms with Gasteiger partial charge in [-0.1, -0.05) is 18.2 Å². The highest BCUT2D eigenvalue weighted by Crippen LogP contribution is 2.37. The second-order valence-electron chi connectivity index (χ2n) is 4.76. The van der Waals surface area contributed by atoms with Crippen LogP contribution in [0.5, 0.6) is 0 Å². The van der Waals surface area contributed by atoms with Crippen LogP contribution in [0, 0.1) is 5.21 Å². The van der Waals surface area contributed by atoms with E-state index in [1.165, 1.54) is 23.1 Å². The van der Waals surface area contributed by atoms with Gasteiger partial charge in [0.15, 0.2) is 11.8 Å². The van der Waals surface area contributed by atoms with Crippen molar-refractivity contribution >= 4 is 6.21 Å². The zero-order chi connectivity index (χ0) is 10.3. The van der Waals surface area contributed by atoms with E-state index in [1.807, 2.05) is 12.1 Å². The lowest BCUT2D eigenvalue weighted by molar-refractivity contribution is -0.546. The molecule has 0 N–H and O–H groups in total. The van der Waals surface area contributed by atoms with Crippen LogP contribution in [-0.2, 0) is 6.42 Å². The molecule has 2 aliphatic rings. The van der Waals surface area contributed by atoms with Gasteiger partial charge in [0, 0.05) is 24.8 Å². The Kier molecular flexibility index (Phi) is 1.84. The molecule has 1 aromatic carbocycles. The molecule has 1 heterocycles. The molecule has 0 saturated heterocycles. The van der Waals surface area contributed by atoms with Crippen molar-refractivity contribution in [3.05, 3.63) is 40.6 Å². The molecule has 3 rings (SSSR count). The minimum absolute atomic E-state index is 0.103. The number of hydrogen-bond acceptors (Lipinski definition) is 1. The highest BCUT2D eigenvalue weighted by atomic mass is 16.5. The van der Waals surface area contributed by atoms with Gasteiger partial charge in [0.25, 0.3) is 0 Å². The van der Waals surface area contributed by atoms with E-state index in [1.54, 1.807) is 6.21 Å². The Hall–Kier alpha value is -1.31. The Labute approximate surface area is 89.8 Å². The smallest absolute Gasteiger partial charge is 0.182 e. The van der Waals surface area contributed by atoms with Crippen molar-refractivity contribution in [2.45, 2.75) is 37.6 Å². The van der Waals surface area contributed by atoms with Crippen molar-refractivity contribution in [1.82, 2.24) is 0 Å². The van der Waals surface area contributed by atoms with Crippen LogP contribution in [0.2, 0.25) is 0 Å². The molecule has 1 aliphatic carbocycles. The fraction of sp³-hybridized carbons (Fsp3) is 0.462. The minimum atomic E-state index is -0.103. The fourth-order valence-corrected chi connectivity index (χ4v) is 2.95. The lowest BCUT2D eigenvalue weighted by atomic mass is 9.85.